The van der Waals surface area contributed by atoms with Gasteiger partial charge in [-0.1, -0.05) is 22.0 Å². The Morgan fingerprint density at radius 1 is 1.50 bits per heavy atom. The molecule has 1 aliphatic heterocycles. The Morgan fingerprint density at radius 3 is 3.17 bits per heavy atom. The summed E-state index contributed by atoms with van der Waals surface area (Å²) in [4.78, 5) is 0.108. The molecule has 1 atom stereocenters. The number of hydrogen-bond donors (Lipinski definition) is 1. The zero-order valence-corrected chi connectivity index (χ0v) is 8.07. The normalized spacial score (nSPS) is 22.0. The molecule has 64 valence electrons. The molecule has 0 fully saturated rings. The molecule has 3 heteroatoms. The van der Waals surface area contributed by atoms with Crippen LogP contribution < -0.4 is 5.32 Å². The molecule has 1 aromatic rings. The number of rotatable bonds is 0. The smallest absolute Gasteiger partial charge is 0.123 e. The van der Waals surface area contributed by atoms with Gasteiger partial charge in [0.05, 0.1) is 4.95 Å². The average Bonchev–Trinajstić information content (AvgIpc) is 2.07. The second-order valence-corrected chi connectivity index (χ2v) is 3.83. The average molecular weight is 230 g/mol. The molecule has 0 spiro atoms. The number of benzene rings is 1. The van der Waals surface area contributed by atoms with Gasteiger partial charge in [0.1, 0.15) is 5.82 Å². The van der Waals surface area contributed by atoms with E-state index in [0.717, 1.165) is 18.5 Å². The van der Waals surface area contributed by atoms with Crippen molar-refractivity contribution in [3.8, 4) is 0 Å². The van der Waals surface area contributed by atoms with Gasteiger partial charge in [-0.2, -0.15) is 0 Å². The van der Waals surface area contributed by atoms with Gasteiger partial charge in [-0.3, -0.25) is 0 Å². The molecule has 2 rings (SSSR count). The highest BCUT2D eigenvalue weighted by Crippen LogP contribution is 2.27. The second-order valence-electron chi connectivity index (χ2n) is 2.91. The lowest BCUT2D eigenvalue weighted by molar-refractivity contribution is 0.602. The van der Waals surface area contributed by atoms with Crippen LogP contribution in [0, 0.1) is 5.82 Å². The summed E-state index contributed by atoms with van der Waals surface area (Å²) >= 11 is 3.44. The summed E-state index contributed by atoms with van der Waals surface area (Å²) in [6.07, 6.45) is 0.984. The number of hydrogen-bond acceptors (Lipinski definition) is 1. The molecular weight excluding hydrogens is 221 g/mol. The first-order valence-electron chi connectivity index (χ1n) is 3.93. The van der Waals surface area contributed by atoms with E-state index in [1.165, 1.54) is 11.6 Å². The van der Waals surface area contributed by atoms with Crippen LogP contribution in [-0.4, -0.2) is 6.54 Å². The predicted octanol–water partition coefficient (Wildman–Crippen LogP) is 2.36. The Hall–Kier alpha value is -0.410. The van der Waals surface area contributed by atoms with Crippen LogP contribution >= 0.6 is 15.9 Å². The molecule has 0 saturated carbocycles. The van der Waals surface area contributed by atoms with Crippen LogP contribution in [0.3, 0.4) is 0 Å². The van der Waals surface area contributed by atoms with Crippen LogP contribution in [0.25, 0.3) is 0 Å². The summed E-state index contributed by atoms with van der Waals surface area (Å²) in [5.74, 6) is -0.165. The Balaban J connectivity index is 2.47. The van der Waals surface area contributed by atoms with Gasteiger partial charge in [0.25, 0.3) is 0 Å². The Kier molecular flexibility index (Phi) is 2.15. The molecule has 1 heterocycles. The summed E-state index contributed by atoms with van der Waals surface area (Å²) in [7, 11) is 0. The fraction of sp³-hybridized carbons (Fsp3) is 0.333. The first kappa shape index (κ1) is 8.20. The van der Waals surface area contributed by atoms with E-state index in [2.05, 4.69) is 21.2 Å². The van der Waals surface area contributed by atoms with Crippen molar-refractivity contribution in [3.63, 3.8) is 0 Å². The zero-order chi connectivity index (χ0) is 8.55. The minimum Gasteiger partial charge on any atom is -0.301 e. The van der Waals surface area contributed by atoms with E-state index in [0.29, 0.717) is 0 Å². The quantitative estimate of drug-likeness (QED) is 0.533. The molecule has 0 aliphatic carbocycles. The lowest BCUT2D eigenvalue weighted by atomic mass is 10.0. The summed E-state index contributed by atoms with van der Waals surface area (Å²) < 4.78 is 12.8. The fourth-order valence-electron chi connectivity index (χ4n) is 1.47. The van der Waals surface area contributed by atoms with Gasteiger partial charge in [0, 0.05) is 6.54 Å². The molecule has 0 aromatic heterocycles. The minimum absolute atomic E-state index is 0.108. The van der Waals surface area contributed by atoms with E-state index in [1.807, 2.05) is 6.07 Å². The highest BCUT2D eigenvalue weighted by molar-refractivity contribution is 9.09. The maximum atomic E-state index is 12.8. The van der Waals surface area contributed by atoms with Crippen LogP contribution in [0.4, 0.5) is 4.39 Å². The number of nitrogens with one attached hydrogen (secondary N) is 1. The SMILES string of the molecule is Fc1ccc2c(c1)C(Br)NCC2. The van der Waals surface area contributed by atoms with Crippen molar-refractivity contribution in [1.82, 2.24) is 5.32 Å². The van der Waals surface area contributed by atoms with Crippen molar-refractivity contribution in [2.24, 2.45) is 0 Å². The summed E-state index contributed by atoms with van der Waals surface area (Å²) in [6, 6.07) is 4.96. The molecule has 1 N–H and O–H groups in total. The van der Waals surface area contributed by atoms with Crippen LogP contribution in [-0.2, 0) is 6.42 Å². The van der Waals surface area contributed by atoms with Gasteiger partial charge in [0.2, 0.25) is 0 Å². The van der Waals surface area contributed by atoms with E-state index in [4.69, 9.17) is 0 Å². The van der Waals surface area contributed by atoms with Crippen molar-refractivity contribution in [1.29, 1.82) is 0 Å². The van der Waals surface area contributed by atoms with Crippen LogP contribution in [0.2, 0.25) is 0 Å². The first-order chi connectivity index (χ1) is 5.77. The molecule has 1 nitrogen and oxygen atoms in total. The van der Waals surface area contributed by atoms with Crippen LogP contribution in [0.15, 0.2) is 18.2 Å². The Morgan fingerprint density at radius 2 is 2.33 bits per heavy atom. The van der Waals surface area contributed by atoms with Crippen molar-refractivity contribution < 1.29 is 4.39 Å². The maximum Gasteiger partial charge on any atom is 0.123 e. The highest BCUT2D eigenvalue weighted by Gasteiger charge is 2.16. The predicted molar refractivity (Wildman–Crippen MR) is 49.8 cm³/mol. The van der Waals surface area contributed by atoms with Crippen LogP contribution in [0.5, 0.6) is 0 Å². The van der Waals surface area contributed by atoms with Crippen molar-refractivity contribution in [2.75, 3.05) is 6.54 Å². The number of alkyl halides is 1. The molecule has 0 bridgehead atoms. The van der Waals surface area contributed by atoms with Gasteiger partial charge in [-0.05, 0) is 29.7 Å². The molecule has 0 saturated heterocycles. The van der Waals surface area contributed by atoms with Crippen molar-refractivity contribution in [2.45, 2.75) is 11.4 Å². The third kappa shape index (κ3) is 1.39. The summed E-state index contributed by atoms with van der Waals surface area (Å²) in [5.41, 5.74) is 2.26. The lowest BCUT2D eigenvalue weighted by Crippen LogP contribution is -2.26. The third-order valence-electron chi connectivity index (χ3n) is 2.10. The van der Waals surface area contributed by atoms with Crippen molar-refractivity contribution >= 4 is 15.9 Å². The van der Waals surface area contributed by atoms with E-state index < -0.39 is 0 Å². The lowest BCUT2D eigenvalue weighted by Gasteiger charge is -2.22. The molecule has 1 unspecified atom stereocenters. The molecule has 12 heavy (non-hydrogen) atoms. The third-order valence-corrected chi connectivity index (χ3v) is 2.92. The molecular formula is C9H9BrFN. The van der Waals surface area contributed by atoms with E-state index >= 15 is 0 Å². The van der Waals surface area contributed by atoms with Gasteiger partial charge < -0.3 is 5.32 Å². The summed E-state index contributed by atoms with van der Waals surface area (Å²) in [5, 5.41) is 3.22. The van der Waals surface area contributed by atoms with Gasteiger partial charge in [-0.15, -0.1) is 0 Å². The molecule has 0 radical (unpaired) electrons. The largest absolute Gasteiger partial charge is 0.301 e. The van der Waals surface area contributed by atoms with Gasteiger partial charge in [0.15, 0.2) is 0 Å². The van der Waals surface area contributed by atoms with E-state index in [9.17, 15) is 4.39 Å². The number of halogens is 2. The topological polar surface area (TPSA) is 12.0 Å². The first-order valence-corrected chi connectivity index (χ1v) is 4.85. The molecule has 1 aliphatic rings. The minimum atomic E-state index is -0.165. The summed E-state index contributed by atoms with van der Waals surface area (Å²) in [6.45, 7) is 0.953. The molecule has 0 amide bonds. The number of fused-ring (bicyclic) bond motifs is 1. The second kappa shape index (κ2) is 3.15. The Labute approximate surface area is 79.1 Å². The maximum absolute atomic E-state index is 12.8. The van der Waals surface area contributed by atoms with Gasteiger partial charge in [-0.25, -0.2) is 4.39 Å². The van der Waals surface area contributed by atoms with Crippen LogP contribution in [0.1, 0.15) is 16.1 Å². The zero-order valence-electron chi connectivity index (χ0n) is 6.48. The fourth-order valence-corrected chi connectivity index (χ4v) is 2.13. The Bertz CT molecular complexity index is 301. The van der Waals surface area contributed by atoms with Gasteiger partial charge >= 0.3 is 0 Å². The monoisotopic (exact) mass is 229 g/mol. The molecule has 1 aromatic carbocycles. The van der Waals surface area contributed by atoms with E-state index in [-0.39, 0.29) is 10.8 Å². The van der Waals surface area contributed by atoms with E-state index in [1.54, 1.807) is 6.07 Å². The standard InChI is InChI=1S/C9H9BrFN/c10-9-8-5-7(11)2-1-6(8)3-4-12-9/h1-2,5,9,12H,3-4H2. The van der Waals surface area contributed by atoms with Crippen molar-refractivity contribution in [3.05, 3.63) is 35.1 Å². The highest BCUT2D eigenvalue weighted by atomic mass is 79.9.